The van der Waals surface area contributed by atoms with Crippen molar-refractivity contribution in [1.82, 2.24) is 10.6 Å². The Balaban J connectivity index is 0.00000196. The molecule has 144 valence electrons. The number of hydrogen-bond acceptors (Lipinski definition) is 6. The van der Waals surface area contributed by atoms with E-state index >= 15 is 0 Å². The summed E-state index contributed by atoms with van der Waals surface area (Å²) in [6.07, 6.45) is 1.70. The smallest absolute Gasteiger partial charge is 0.237 e. The standard InChI is InChI=1S/C18H24N2O5.ClH/c21-13-8-14(19-9-13)17(22)20-10-18(3-5-23-6-4-18)12-1-2-15-16(7-12)25-11-24-15;/h1-2,7,13-14,19,21H,3-6,8-11H2,(H,20,22);1H. The van der Waals surface area contributed by atoms with Gasteiger partial charge in [-0.15, -0.1) is 12.4 Å². The van der Waals surface area contributed by atoms with Crippen molar-refractivity contribution in [2.45, 2.75) is 36.8 Å². The number of carbonyl (C=O) groups is 1. The molecule has 7 nitrogen and oxygen atoms in total. The number of β-amino-alcohol motifs (C(OH)–C–C–N with tert-alkyl or cyclic N) is 1. The van der Waals surface area contributed by atoms with E-state index in [1.54, 1.807) is 0 Å². The molecule has 0 spiro atoms. The number of carbonyl (C=O) groups excluding carboxylic acids is 1. The Hall–Kier alpha value is -1.54. The molecule has 2 atom stereocenters. The summed E-state index contributed by atoms with van der Waals surface area (Å²) >= 11 is 0. The molecule has 1 aromatic rings. The van der Waals surface area contributed by atoms with Crippen molar-refractivity contribution in [2.24, 2.45) is 0 Å². The van der Waals surface area contributed by atoms with Crippen LogP contribution in [0.3, 0.4) is 0 Å². The lowest BCUT2D eigenvalue weighted by Gasteiger charge is -2.38. The number of halogens is 1. The van der Waals surface area contributed by atoms with Crippen LogP contribution in [-0.2, 0) is 14.9 Å². The molecule has 0 saturated carbocycles. The zero-order valence-corrected chi connectivity index (χ0v) is 15.3. The van der Waals surface area contributed by atoms with Gasteiger partial charge in [0.15, 0.2) is 11.5 Å². The summed E-state index contributed by atoms with van der Waals surface area (Å²) in [4.78, 5) is 12.4. The number of ether oxygens (including phenoxy) is 3. The lowest BCUT2D eigenvalue weighted by molar-refractivity contribution is -0.123. The number of nitrogens with one attached hydrogen (secondary N) is 2. The highest BCUT2D eigenvalue weighted by Gasteiger charge is 2.37. The van der Waals surface area contributed by atoms with Gasteiger partial charge >= 0.3 is 0 Å². The van der Waals surface area contributed by atoms with Crippen LogP contribution < -0.4 is 20.1 Å². The highest BCUT2D eigenvalue weighted by atomic mass is 35.5. The van der Waals surface area contributed by atoms with E-state index < -0.39 is 6.10 Å². The molecule has 0 aromatic heterocycles. The number of fused-ring (bicyclic) bond motifs is 1. The van der Waals surface area contributed by atoms with E-state index in [-0.39, 0.29) is 36.6 Å². The first-order chi connectivity index (χ1) is 12.2. The first-order valence-corrected chi connectivity index (χ1v) is 8.83. The molecule has 2 fully saturated rings. The molecule has 2 unspecified atom stereocenters. The zero-order valence-electron chi connectivity index (χ0n) is 14.5. The molecule has 1 amide bonds. The molecule has 1 aromatic carbocycles. The topological polar surface area (TPSA) is 89.1 Å². The minimum atomic E-state index is -0.443. The Morgan fingerprint density at radius 3 is 2.77 bits per heavy atom. The van der Waals surface area contributed by atoms with Gasteiger partial charge in [-0.05, 0) is 37.0 Å². The van der Waals surface area contributed by atoms with Gasteiger partial charge < -0.3 is 30.0 Å². The quantitative estimate of drug-likeness (QED) is 0.709. The number of benzene rings is 1. The average Bonchev–Trinajstić information content (AvgIpc) is 3.28. The van der Waals surface area contributed by atoms with Crippen molar-refractivity contribution in [3.8, 4) is 11.5 Å². The van der Waals surface area contributed by atoms with Crippen LogP contribution in [0.5, 0.6) is 11.5 Å². The molecular weight excluding hydrogens is 360 g/mol. The fraction of sp³-hybridized carbons (Fsp3) is 0.611. The molecule has 0 bridgehead atoms. The molecule has 3 aliphatic heterocycles. The third-order valence-electron chi connectivity index (χ3n) is 5.46. The largest absolute Gasteiger partial charge is 0.454 e. The average molecular weight is 385 g/mol. The third kappa shape index (κ3) is 3.76. The van der Waals surface area contributed by atoms with E-state index in [2.05, 4.69) is 16.7 Å². The maximum atomic E-state index is 12.4. The van der Waals surface area contributed by atoms with Gasteiger partial charge in [-0.25, -0.2) is 0 Å². The molecule has 8 heteroatoms. The number of amides is 1. The van der Waals surface area contributed by atoms with Crippen LogP contribution >= 0.6 is 12.4 Å². The Labute approximate surface area is 158 Å². The maximum Gasteiger partial charge on any atom is 0.237 e. The summed E-state index contributed by atoms with van der Waals surface area (Å²) in [6.45, 7) is 2.61. The number of aliphatic hydroxyl groups is 1. The SMILES string of the molecule is Cl.O=C(NCC1(c2ccc3c(c2)OCO3)CCOCC1)C1CC(O)CN1. The molecule has 2 saturated heterocycles. The molecule has 3 heterocycles. The van der Waals surface area contributed by atoms with Crippen LogP contribution in [0.25, 0.3) is 0 Å². The molecule has 3 aliphatic rings. The maximum absolute atomic E-state index is 12.4. The van der Waals surface area contributed by atoms with E-state index in [1.165, 1.54) is 0 Å². The number of rotatable bonds is 4. The highest BCUT2D eigenvalue weighted by Crippen LogP contribution is 2.40. The van der Waals surface area contributed by atoms with Crippen LogP contribution in [0.4, 0.5) is 0 Å². The van der Waals surface area contributed by atoms with Gasteiger partial charge in [-0.3, -0.25) is 4.79 Å². The molecule has 3 N–H and O–H groups in total. The van der Waals surface area contributed by atoms with Gasteiger partial charge in [0, 0.05) is 31.7 Å². The summed E-state index contributed by atoms with van der Waals surface area (Å²) in [6, 6.07) is 5.70. The van der Waals surface area contributed by atoms with Crippen LogP contribution in [0, 0.1) is 0 Å². The summed E-state index contributed by atoms with van der Waals surface area (Å²) in [7, 11) is 0. The molecule has 26 heavy (non-hydrogen) atoms. The Kier molecular flexibility index (Phi) is 5.92. The zero-order chi connectivity index (χ0) is 17.3. The van der Waals surface area contributed by atoms with E-state index in [0.717, 1.165) is 29.9 Å². The fourth-order valence-electron chi connectivity index (χ4n) is 3.85. The highest BCUT2D eigenvalue weighted by molar-refractivity contribution is 5.85. The second-order valence-corrected chi connectivity index (χ2v) is 7.03. The van der Waals surface area contributed by atoms with Gasteiger partial charge in [0.05, 0.1) is 12.1 Å². The van der Waals surface area contributed by atoms with Gasteiger partial charge in [-0.2, -0.15) is 0 Å². The lowest BCUT2D eigenvalue weighted by atomic mass is 9.74. The van der Waals surface area contributed by atoms with E-state index in [4.69, 9.17) is 14.2 Å². The molecule has 4 rings (SSSR count). The second-order valence-electron chi connectivity index (χ2n) is 7.03. The predicted molar refractivity (Wildman–Crippen MR) is 97.0 cm³/mol. The monoisotopic (exact) mass is 384 g/mol. The minimum absolute atomic E-state index is 0. The molecule has 0 radical (unpaired) electrons. The summed E-state index contributed by atoms with van der Waals surface area (Å²) in [5, 5.41) is 15.7. The lowest BCUT2D eigenvalue weighted by Crippen LogP contribution is -2.48. The van der Waals surface area contributed by atoms with Crippen LogP contribution in [0.1, 0.15) is 24.8 Å². The van der Waals surface area contributed by atoms with Crippen molar-refractivity contribution >= 4 is 18.3 Å². The summed E-state index contributed by atoms with van der Waals surface area (Å²) < 4.78 is 16.5. The first kappa shape index (κ1) is 19.2. The van der Waals surface area contributed by atoms with E-state index in [1.807, 2.05) is 12.1 Å². The Morgan fingerprint density at radius 1 is 1.27 bits per heavy atom. The minimum Gasteiger partial charge on any atom is -0.454 e. The second kappa shape index (κ2) is 8.00. The number of hydrogen-bond donors (Lipinski definition) is 3. The normalized spacial score (nSPS) is 26.2. The van der Waals surface area contributed by atoms with Crippen molar-refractivity contribution in [2.75, 3.05) is 33.1 Å². The van der Waals surface area contributed by atoms with Crippen LogP contribution in [-0.4, -0.2) is 56.3 Å². The summed E-state index contributed by atoms with van der Waals surface area (Å²) in [5.41, 5.74) is 0.964. The van der Waals surface area contributed by atoms with E-state index in [9.17, 15) is 9.90 Å². The summed E-state index contributed by atoms with van der Waals surface area (Å²) in [5.74, 6) is 1.47. The Bertz CT molecular complexity index is 650. The van der Waals surface area contributed by atoms with Crippen molar-refractivity contribution < 1.29 is 24.1 Å². The Morgan fingerprint density at radius 2 is 2.04 bits per heavy atom. The van der Waals surface area contributed by atoms with Crippen molar-refractivity contribution in [3.05, 3.63) is 23.8 Å². The van der Waals surface area contributed by atoms with Crippen LogP contribution in [0.2, 0.25) is 0 Å². The van der Waals surface area contributed by atoms with Gasteiger partial charge in [0.2, 0.25) is 12.7 Å². The predicted octanol–water partition coefficient (Wildman–Crippen LogP) is 0.724. The van der Waals surface area contributed by atoms with Gasteiger partial charge in [0.1, 0.15) is 0 Å². The van der Waals surface area contributed by atoms with Gasteiger partial charge in [0.25, 0.3) is 0 Å². The third-order valence-corrected chi connectivity index (χ3v) is 5.46. The van der Waals surface area contributed by atoms with E-state index in [0.29, 0.717) is 32.7 Å². The fourth-order valence-corrected chi connectivity index (χ4v) is 3.85. The molecular formula is C18H25ClN2O5. The molecule has 0 aliphatic carbocycles. The van der Waals surface area contributed by atoms with Crippen LogP contribution in [0.15, 0.2) is 18.2 Å². The van der Waals surface area contributed by atoms with Crippen molar-refractivity contribution in [3.63, 3.8) is 0 Å². The first-order valence-electron chi connectivity index (χ1n) is 8.83. The van der Waals surface area contributed by atoms with Gasteiger partial charge in [-0.1, -0.05) is 6.07 Å². The van der Waals surface area contributed by atoms with Crippen molar-refractivity contribution in [1.29, 1.82) is 0 Å². The number of aliphatic hydroxyl groups excluding tert-OH is 1.